The predicted octanol–water partition coefficient (Wildman–Crippen LogP) is 4.97. The minimum Gasteiger partial charge on any atom is -0.323 e. The molecule has 2 aliphatic heterocycles. The van der Waals surface area contributed by atoms with Gasteiger partial charge in [-0.2, -0.15) is 13.2 Å². The van der Waals surface area contributed by atoms with E-state index in [4.69, 9.17) is 0 Å². The topological polar surface area (TPSA) is 48.5 Å². The molecule has 1 atom stereocenters. The molecule has 2 aromatic rings. The number of urea groups is 1. The third-order valence-corrected chi connectivity index (χ3v) is 7.57. The minimum absolute atomic E-state index is 0.0832. The van der Waals surface area contributed by atoms with Crippen molar-refractivity contribution in [2.45, 2.75) is 69.2 Å². The summed E-state index contributed by atoms with van der Waals surface area (Å²) >= 11 is 0. The van der Waals surface area contributed by atoms with Crippen molar-refractivity contribution < 1.29 is 18.0 Å². The number of rotatable bonds is 3. The average molecular weight is 473 g/mol. The summed E-state index contributed by atoms with van der Waals surface area (Å²) < 4.78 is 39.2. The van der Waals surface area contributed by atoms with Crippen molar-refractivity contribution in [2.75, 3.05) is 19.6 Å². The van der Waals surface area contributed by atoms with E-state index in [1.807, 2.05) is 4.90 Å². The van der Waals surface area contributed by atoms with Gasteiger partial charge < -0.3 is 15.1 Å². The van der Waals surface area contributed by atoms with Gasteiger partial charge in [-0.1, -0.05) is 30.3 Å². The molecule has 0 radical (unpaired) electrons. The van der Waals surface area contributed by atoms with Crippen LogP contribution in [-0.4, -0.2) is 52.5 Å². The van der Waals surface area contributed by atoms with Crippen molar-refractivity contribution in [2.24, 2.45) is 0 Å². The first-order valence-corrected chi connectivity index (χ1v) is 12.3. The summed E-state index contributed by atoms with van der Waals surface area (Å²) in [6.45, 7) is 2.01. The SMILES string of the molecule is O=C(N1CCc2ncc(C(F)(F)F)cc2C1)N1CCC(NC2CCC(c3ccccc3)CC2)C1. The van der Waals surface area contributed by atoms with Gasteiger partial charge in [-0.05, 0) is 55.2 Å². The fourth-order valence-corrected chi connectivity index (χ4v) is 5.67. The van der Waals surface area contributed by atoms with E-state index in [0.29, 0.717) is 49.3 Å². The van der Waals surface area contributed by atoms with E-state index >= 15 is 0 Å². The van der Waals surface area contributed by atoms with Crippen LogP contribution in [0.5, 0.6) is 0 Å². The Hall–Kier alpha value is -2.61. The summed E-state index contributed by atoms with van der Waals surface area (Å²) in [5.41, 5.74) is 1.83. The zero-order valence-corrected chi connectivity index (χ0v) is 19.2. The Morgan fingerprint density at radius 3 is 2.47 bits per heavy atom. The lowest BCUT2D eigenvalue weighted by molar-refractivity contribution is -0.137. The number of nitrogens with zero attached hydrogens (tertiary/aromatic N) is 3. The van der Waals surface area contributed by atoms with E-state index in [2.05, 4.69) is 40.6 Å². The van der Waals surface area contributed by atoms with Gasteiger partial charge in [-0.15, -0.1) is 0 Å². The Balaban J connectivity index is 1.12. The van der Waals surface area contributed by atoms with Gasteiger partial charge >= 0.3 is 12.2 Å². The number of aromatic nitrogens is 1. The summed E-state index contributed by atoms with van der Waals surface area (Å²) in [7, 11) is 0. The number of fused-ring (bicyclic) bond motifs is 1. The highest BCUT2D eigenvalue weighted by Gasteiger charge is 2.35. The summed E-state index contributed by atoms with van der Waals surface area (Å²) in [5.74, 6) is 0.634. The molecule has 1 aliphatic carbocycles. The van der Waals surface area contributed by atoms with Gasteiger partial charge in [0.1, 0.15) is 0 Å². The van der Waals surface area contributed by atoms with Gasteiger partial charge in [0.25, 0.3) is 0 Å². The van der Waals surface area contributed by atoms with Crippen molar-refractivity contribution in [3.8, 4) is 0 Å². The van der Waals surface area contributed by atoms with Crippen molar-refractivity contribution in [3.63, 3.8) is 0 Å². The number of hydrogen-bond donors (Lipinski definition) is 1. The standard InChI is InChI=1S/C26H31F3N4O/c27-26(28,29)21-14-20-16-32(13-11-24(20)30-15-21)25(34)33-12-10-23(17-33)31-22-8-6-19(7-9-22)18-4-2-1-3-5-18/h1-5,14-15,19,22-23,31H,6-13,16-17H2. The number of benzene rings is 1. The molecule has 1 unspecified atom stereocenters. The molecule has 182 valence electrons. The monoisotopic (exact) mass is 472 g/mol. The van der Waals surface area contributed by atoms with Crippen molar-refractivity contribution >= 4 is 6.03 Å². The number of nitrogens with one attached hydrogen (secondary N) is 1. The average Bonchev–Trinajstić information content (AvgIpc) is 3.32. The van der Waals surface area contributed by atoms with Gasteiger partial charge in [-0.3, -0.25) is 4.98 Å². The molecule has 3 aliphatic rings. The van der Waals surface area contributed by atoms with Gasteiger partial charge in [0.05, 0.1) is 5.56 Å². The maximum Gasteiger partial charge on any atom is 0.417 e. The second-order valence-electron chi connectivity index (χ2n) is 9.84. The summed E-state index contributed by atoms with van der Waals surface area (Å²) in [6, 6.07) is 12.5. The molecule has 5 nitrogen and oxygen atoms in total. The number of alkyl halides is 3. The molecule has 1 saturated carbocycles. The zero-order valence-electron chi connectivity index (χ0n) is 19.2. The molecule has 2 amide bonds. The lowest BCUT2D eigenvalue weighted by Gasteiger charge is -2.33. The molecule has 8 heteroatoms. The van der Waals surface area contributed by atoms with Crippen molar-refractivity contribution in [1.29, 1.82) is 0 Å². The second-order valence-corrected chi connectivity index (χ2v) is 9.84. The molecule has 34 heavy (non-hydrogen) atoms. The molecule has 0 bridgehead atoms. The quantitative estimate of drug-likeness (QED) is 0.686. The molecule has 1 aromatic heterocycles. The molecule has 3 heterocycles. The molecule has 1 N–H and O–H groups in total. The maximum atomic E-state index is 13.1. The van der Waals surface area contributed by atoms with Gasteiger partial charge in [0, 0.05) is 56.6 Å². The van der Waals surface area contributed by atoms with E-state index in [1.165, 1.54) is 18.4 Å². The highest BCUT2D eigenvalue weighted by atomic mass is 19.4. The van der Waals surface area contributed by atoms with Crippen LogP contribution in [0.15, 0.2) is 42.6 Å². The van der Waals surface area contributed by atoms with Crippen molar-refractivity contribution in [1.82, 2.24) is 20.1 Å². The molecule has 2 fully saturated rings. The Morgan fingerprint density at radius 1 is 0.971 bits per heavy atom. The Labute approximate surface area is 198 Å². The van der Waals surface area contributed by atoms with Crippen LogP contribution in [0.1, 0.15) is 60.4 Å². The Morgan fingerprint density at radius 2 is 1.74 bits per heavy atom. The van der Waals surface area contributed by atoms with E-state index in [1.54, 1.807) is 4.90 Å². The van der Waals surface area contributed by atoms with E-state index in [0.717, 1.165) is 31.5 Å². The van der Waals surface area contributed by atoms with Gasteiger partial charge in [0.2, 0.25) is 0 Å². The molecule has 0 spiro atoms. The number of pyridine rings is 1. The van der Waals surface area contributed by atoms with Crippen molar-refractivity contribution in [3.05, 3.63) is 65.0 Å². The van der Waals surface area contributed by atoms with Crippen LogP contribution in [0.25, 0.3) is 0 Å². The summed E-state index contributed by atoms with van der Waals surface area (Å²) in [5, 5.41) is 3.77. The molecule has 1 aromatic carbocycles. The van der Waals surface area contributed by atoms with E-state index in [-0.39, 0.29) is 18.6 Å². The number of hydrogen-bond acceptors (Lipinski definition) is 3. The van der Waals surface area contributed by atoms with Crippen LogP contribution in [-0.2, 0) is 19.1 Å². The van der Waals surface area contributed by atoms with Crippen LogP contribution >= 0.6 is 0 Å². The molecule has 1 saturated heterocycles. The first-order valence-electron chi connectivity index (χ1n) is 12.3. The first kappa shape index (κ1) is 23.1. The molecular weight excluding hydrogens is 441 g/mol. The highest BCUT2D eigenvalue weighted by molar-refractivity contribution is 5.75. The van der Waals surface area contributed by atoms with Gasteiger partial charge in [-0.25, -0.2) is 4.79 Å². The lowest BCUT2D eigenvalue weighted by atomic mass is 9.81. The van der Waals surface area contributed by atoms with E-state index in [9.17, 15) is 18.0 Å². The number of carbonyl (C=O) groups is 1. The number of halogens is 3. The predicted molar refractivity (Wildman–Crippen MR) is 123 cm³/mol. The summed E-state index contributed by atoms with van der Waals surface area (Å²) in [4.78, 5) is 20.6. The largest absolute Gasteiger partial charge is 0.417 e. The minimum atomic E-state index is -4.43. The third-order valence-electron chi connectivity index (χ3n) is 7.57. The highest BCUT2D eigenvalue weighted by Crippen LogP contribution is 2.34. The van der Waals surface area contributed by atoms with Crippen LogP contribution < -0.4 is 5.32 Å². The van der Waals surface area contributed by atoms with Crippen LogP contribution in [0.4, 0.5) is 18.0 Å². The van der Waals surface area contributed by atoms with Crippen LogP contribution in [0.3, 0.4) is 0 Å². The maximum absolute atomic E-state index is 13.1. The van der Waals surface area contributed by atoms with E-state index < -0.39 is 11.7 Å². The van der Waals surface area contributed by atoms with Crippen LogP contribution in [0, 0.1) is 0 Å². The zero-order chi connectivity index (χ0) is 23.7. The summed E-state index contributed by atoms with van der Waals surface area (Å²) in [6.07, 6.45) is 2.50. The normalized spacial score (nSPS) is 25.3. The second kappa shape index (κ2) is 9.56. The molecular formula is C26H31F3N4O. The van der Waals surface area contributed by atoms with Crippen LogP contribution in [0.2, 0.25) is 0 Å². The Kier molecular flexibility index (Phi) is 6.51. The lowest BCUT2D eigenvalue weighted by Crippen LogP contribution is -2.47. The third kappa shape index (κ3) is 5.06. The fourth-order valence-electron chi connectivity index (χ4n) is 5.67. The number of carbonyl (C=O) groups excluding carboxylic acids is 1. The number of likely N-dealkylation sites (tertiary alicyclic amines) is 1. The molecule has 5 rings (SSSR count). The van der Waals surface area contributed by atoms with Gasteiger partial charge in [0.15, 0.2) is 0 Å². The smallest absolute Gasteiger partial charge is 0.323 e. The number of amides is 2. The Bertz CT molecular complexity index is 1000. The first-order chi connectivity index (χ1) is 16.4. The fraction of sp³-hybridized carbons (Fsp3) is 0.538.